The minimum absolute atomic E-state index is 0.818. The summed E-state index contributed by atoms with van der Waals surface area (Å²) in [5.41, 5.74) is 9.19. The van der Waals surface area contributed by atoms with Gasteiger partial charge in [0, 0.05) is 22.3 Å². The average Bonchev–Trinajstić information content (AvgIpc) is 2.38. The molecule has 3 heteroatoms. The monoisotopic (exact) mass is 352 g/mol. The van der Waals surface area contributed by atoms with E-state index >= 15 is 0 Å². The zero-order valence-electron chi connectivity index (χ0n) is 10.4. The molecule has 18 heavy (non-hydrogen) atoms. The smallest absolute Gasteiger partial charge is 0.0506 e. The molecule has 0 fully saturated rings. The van der Waals surface area contributed by atoms with Crippen molar-refractivity contribution in [3.63, 3.8) is 0 Å². The Labute approximate surface area is 122 Å². The van der Waals surface area contributed by atoms with Crippen molar-refractivity contribution < 1.29 is 0 Å². The minimum atomic E-state index is 0.818. The van der Waals surface area contributed by atoms with Crippen LogP contribution >= 0.6 is 22.6 Å². The molecule has 0 aliphatic rings. The van der Waals surface area contributed by atoms with Gasteiger partial charge >= 0.3 is 0 Å². The molecule has 2 N–H and O–H groups in total. The summed E-state index contributed by atoms with van der Waals surface area (Å²) in [6.45, 7) is 4.08. The number of nitrogens with two attached hydrogens (primary N) is 1. The topological polar surface area (TPSA) is 29.3 Å². The molecule has 2 rings (SSSR count). The van der Waals surface area contributed by atoms with Gasteiger partial charge in [-0.15, -0.1) is 0 Å². The summed E-state index contributed by atoms with van der Waals surface area (Å²) in [4.78, 5) is 2.36. The highest BCUT2D eigenvalue weighted by Gasteiger charge is 2.08. The van der Waals surface area contributed by atoms with Crippen LogP contribution in [-0.2, 0) is 6.54 Å². The van der Waals surface area contributed by atoms with Gasteiger partial charge in [0.2, 0.25) is 0 Å². The average molecular weight is 352 g/mol. The van der Waals surface area contributed by atoms with Crippen LogP contribution in [0.3, 0.4) is 0 Å². The molecule has 2 nitrogen and oxygen atoms in total. The summed E-state index contributed by atoms with van der Waals surface area (Å²) in [6.07, 6.45) is 0. The molecule has 0 aliphatic carbocycles. The second kappa shape index (κ2) is 6.09. The fraction of sp³-hybridized carbons (Fsp3) is 0.200. The lowest BCUT2D eigenvalue weighted by Gasteiger charge is -2.24. The molecular formula is C15H17IN2. The molecule has 2 aromatic rings. The van der Waals surface area contributed by atoms with Crippen molar-refractivity contribution in [3.05, 3.63) is 57.7 Å². The van der Waals surface area contributed by atoms with Gasteiger partial charge in [0.15, 0.2) is 0 Å². The molecule has 94 valence electrons. The Morgan fingerprint density at radius 3 is 2.44 bits per heavy atom. The number of hydrogen-bond donors (Lipinski definition) is 1. The molecule has 0 atom stereocenters. The van der Waals surface area contributed by atoms with Crippen LogP contribution in [0.1, 0.15) is 12.5 Å². The van der Waals surface area contributed by atoms with E-state index in [1.165, 1.54) is 14.8 Å². The van der Waals surface area contributed by atoms with E-state index in [1.807, 2.05) is 18.2 Å². The summed E-state index contributed by atoms with van der Waals surface area (Å²) in [6, 6.07) is 16.6. The van der Waals surface area contributed by atoms with Crippen molar-refractivity contribution in [1.82, 2.24) is 0 Å². The Bertz CT molecular complexity index is 511. The minimum Gasteiger partial charge on any atom is -0.399 e. The van der Waals surface area contributed by atoms with Gasteiger partial charge in [0.05, 0.1) is 5.69 Å². The van der Waals surface area contributed by atoms with Crippen molar-refractivity contribution >= 4 is 34.0 Å². The van der Waals surface area contributed by atoms with Crippen molar-refractivity contribution in [2.45, 2.75) is 13.5 Å². The molecular weight excluding hydrogens is 335 g/mol. The third-order valence-corrected chi connectivity index (χ3v) is 3.77. The Morgan fingerprint density at radius 2 is 1.83 bits per heavy atom. The number of halogens is 1. The van der Waals surface area contributed by atoms with Crippen LogP contribution in [0.5, 0.6) is 0 Å². The summed E-state index contributed by atoms with van der Waals surface area (Å²) < 4.78 is 1.20. The lowest BCUT2D eigenvalue weighted by atomic mass is 10.2. The molecule has 0 aliphatic heterocycles. The molecule has 0 unspecified atom stereocenters. The maximum absolute atomic E-state index is 5.80. The van der Waals surface area contributed by atoms with Gasteiger partial charge in [-0.1, -0.05) is 30.3 Å². The first-order valence-corrected chi connectivity index (χ1v) is 7.12. The largest absolute Gasteiger partial charge is 0.399 e. The zero-order valence-corrected chi connectivity index (χ0v) is 12.6. The fourth-order valence-electron chi connectivity index (χ4n) is 1.95. The SMILES string of the molecule is CCN(Cc1ccccc1)c1ccc(N)cc1I. The fourth-order valence-corrected chi connectivity index (χ4v) is 2.83. The molecule has 0 heterocycles. The van der Waals surface area contributed by atoms with Crippen molar-refractivity contribution in [2.24, 2.45) is 0 Å². The van der Waals surface area contributed by atoms with Crippen molar-refractivity contribution in [2.75, 3.05) is 17.2 Å². The summed E-state index contributed by atoms with van der Waals surface area (Å²) in [5.74, 6) is 0. The van der Waals surface area contributed by atoms with Crippen molar-refractivity contribution in [1.29, 1.82) is 0 Å². The van der Waals surface area contributed by atoms with E-state index in [9.17, 15) is 0 Å². The number of rotatable bonds is 4. The lowest BCUT2D eigenvalue weighted by Crippen LogP contribution is -2.22. The van der Waals surface area contributed by atoms with Gasteiger partial charge in [0.25, 0.3) is 0 Å². The quantitative estimate of drug-likeness (QED) is 0.668. The third-order valence-electron chi connectivity index (χ3n) is 2.91. The number of anilines is 2. The summed E-state index contributed by atoms with van der Waals surface area (Å²) >= 11 is 2.35. The van der Waals surface area contributed by atoms with Gasteiger partial charge in [0.1, 0.15) is 0 Å². The number of hydrogen-bond acceptors (Lipinski definition) is 2. The second-order valence-electron chi connectivity index (χ2n) is 4.21. The van der Waals surface area contributed by atoms with E-state index in [1.54, 1.807) is 0 Å². The predicted octanol–water partition coefficient (Wildman–Crippen LogP) is 3.90. The van der Waals surface area contributed by atoms with Crippen LogP contribution in [0.15, 0.2) is 48.5 Å². The second-order valence-corrected chi connectivity index (χ2v) is 5.37. The van der Waals surface area contributed by atoms with Gasteiger partial charge in [-0.05, 0) is 53.3 Å². The van der Waals surface area contributed by atoms with Crippen LogP contribution in [-0.4, -0.2) is 6.54 Å². The molecule has 0 amide bonds. The summed E-state index contributed by atoms with van der Waals surface area (Å²) in [7, 11) is 0. The standard InChI is InChI=1S/C15H17IN2/c1-2-18(11-12-6-4-3-5-7-12)15-9-8-13(17)10-14(15)16/h3-10H,2,11,17H2,1H3. The number of benzene rings is 2. The molecule has 0 saturated heterocycles. The Kier molecular flexibility index (Phi) is 4.47. The summed E-state index contributed by atoms with van der Waals surface area (Å²) in [5, 5.41) is 0. The van der Waals surface area contributed by atoms with Crippen molar-refractivity contribution in [3.8, 4) is 0 Å². The number of nitrogens with zero attached hydrogens (tertiary/aromatic N) is 1. The van der Waals surface area contributed by atoms with Crippen LogP contribution < -0.4 is 10.6 Å². The number of nitrogen functional groups attached to an aromatic ring is 1. The first-order valence-electron chi connectivity index (χ1n) is 6.04. The van der Waals surface area contributed by atoms with Gasteiger partial charge in [-0.25, -0.2) is 0 Å². The Hall–Kier alpha value is -1.23. The van der Waals surface area contributed by atoms with E-state index in [2.05, 4.69) is 64.7 Å². The zero-order chi connectivity index (χ0) is 13.0. The van der Waals surface area contributed by atoms with E-state index in [-0.39, 0.29) is 0 Å². The van der Waals surface area contributed by atoms with E-state index in [0.29, 0.717) is 0 Å². The molecule has 0 bridgehead atoms. The first kappa shape index (κ1) is 13.2. The first-order chi connectivity index (χ1) is 8.70. The molecule has 0 spiro atoms. The van der Waals surface area contributed by atoms with E-state index in [4.69, 9.17) is 5.73 Å². The van der Waals surface area contributed by atoms with Gasteiger partial charge in [-0.3, -0.25) is 0 Å². The Balaban J connectivity index is 2.23. The normalized spacial score (nSPS) is 10.3. The van der Waals surface area contributed by atoms with E-state index in [0.717, 1.165) is 18.8 Å². The van der Waals surface area contributed by atoms with Gasteiger partial charge < -0.3 is 10.6 Å². The van der Waals surface area contributed by atoms with Crippen LogP contribution in [0, 0.1) is 3.57 Å². The highest BCUT2D eigenvalue weighted by Crippen LogP contribution is 2.26. The molecule has 0 saturated carbocycles. The maximum atomic E-state index is 5.80. The van der Waals surface area contributed by atoms with Crippen LogP contribution in [0.4, 0.5) is 11.4 Å². The predicted molar refractivity (Wildman–Crippen MR) is 86.7 cm³/mol. The molecule has 0 aromatic heterocycles. The Morgan fingerprint density at radius 1 is 1.11 bits per heavy atom. The molecule has 0 radical (unpaired) electrons. The van der Waals surface area contributed by atoms with Crippen LogP contribution in [0.25, 0.3) is 0 Å². The highest BCUT2D eigenvalue weighted by molar-refractivity contribution is 14.1. The molecule has 2 aromatic carbocycles. The van der Waals surface area contributed by atoms with E-state index < -0.39 is 0 Å². The van der Waals surface area contributed by atoms with Gasteiger partial charge in [-0.2, -0.15) is 0 Å². The lowest BCUT2D eigenvalue weighted by molar-refractivity contribution is 0.829. The maximum Gasteiger partial charge on any atom is 0.0506 e. The highest BCUT2D eigenvalue weighted by atomic mass is 127. The third kappa shape index (κ3) is 3.16. The van der Waals surface area contributed by atoms with Crippen LogP contribution in [0.2, 0.25) is 0 Å².